The van der Waals surface area contributed by atoms with Gasteiger partial charge in [0.2, 0.25) is 0 Å². The van der Waals surface area contributed by atoms with Gasteiger partial charge in [0, 0.05) is 12.8 Å². The van der Waals surface area contributed by atoms with Gasteiger partial charge in [-0.2, -0.15) is 0 Å². The first-order chi connectivity index (χ1) is 11.5. The molecule has 0 amide bonds. The van der Waals surface area contributed by atoms with Gasteiger partial charge in [0.05, 0.1) is 13.1 Å². The molecule has 4 nitrogen and oxygen atoms in total. The zero-order valence-corrected chi connectivity index (χ0v) is 16.4. The molecule has 0 fully saturated rings. The number of aliphatic carboxylic acids is 1. The molecule has 0 aliphatic carbocycles. The molecule has 2 N–H and O–H groups in total. The van der Waals surface area contributed by atoms with E-state index < -0.39 is 12.0 Å². The number of carboxylic acid groups (broad SMARTS) is 1. The molecule has 0 saturated carbocycles. The maximum absolute atomic E-state index is 11.9. The van der Waals surface area contributed by atoms with Crippen molar-refractivity contribution in [2.75, 3.05) is 13.1 Å². The summed E-state index contributed by atoms with van der Waals surface area (Å²) in [5.41, 5.74) is 0. The summed E-state index contributed by atoms with van der Waals surface area (Å²) in [5, 5.41) is 20.2. The van der Waals surface area contributed by atoms with Crippen molar-refractivity contribution in [2.45, 2.75) is 97.9 Å². The highest BCUT2D eigenvalue weighted by Crippen LogP contribution is 2.24. The van der Waals surface area contributed by atoms with Gasteiger partial charge >= 0.3 is 5.97 Å². The van der Waals surface area contributed by atoms with Crippen molar-refractivity contribution >= 4 is 5.97 Å². The van der Waals surface area contributed by atoms with Gasteiger partial charge in [-0.1, -0.05) is 59.8 Å². The Morgan fingerprint density at radius 2 is 1.42 bits per heavy atom. The smallest absolute Gasteiger partial charge is 0.362 e. The fourth-order valence-electron chi connectivity index (χ4n) is 3.40. The first-order valence-corrected chi connectivity index (χ1v) is 9.97. The van der Waals surface area contributed by atoms with E-state index in [0.29, 0.717) is 23.1 Å². The number of carboxylic acids is 1. The fraction of sp³-hybridized carbons (Fsp3) is 0.850. The Hall–Kier alpha value is -1.03. The summed E-state index contributed by atoms with van der Waals surface area (Å²) in [6.45, 7) is 9.96. The zero-order chi connectivity index (χ0) is 18.4. The van der Waals surface area contributed by atoms with Crippen LogP contribution < -0.4 is 0 Å². The summed E-state index contributed by atoms with van der Waals surface area (Å²) in [6, 6.07) is -0.471. The van der Waals surface area contributed by atoms with Gasteiger partial charge in [-0.3, -0.25) is 4.48 Å². The predicted molar refractivity (Wildman–Crippen MR) is 101 cm³/mol. The van der Waals surface area contributed by atoms with Gasteiger partial charge in [0.1, 0.15) is 12.0 Å². The SMILES string of the molecule is CCCCCC/C(O)=C/[N+](CCCC)(CCCC)C(CC)C(=O)O. The highest BCUT2D eigenvalue weighted by molar-refractivity contribution is 5.72. The minimum atomic E-state index is -0.750. The lowest BCUT2D eigenvalue weighted by Crippen LogP contribution is -2.56. The molecule has 0 saturated heterocycles. The van der Waals surface area contributed by atoms with E-state index >= 15 is 0 Å². The maximum Gasteiger partial charge on any atom is 0.362 e. The summed E-state index contributed by atoms with van der Waals surface area (Å²) in [4.78, 5) is 11.9. The van der Waals surface area contributed by atoms with Crippen LogP contribution in [0.25, 0.3) is 0 Å². The third kappa shape index (κ3) is 8.18. The molecule has 0 radical (unpaired) electrons. The first kappa shape index (κ1) is 23.0. The molecule has 0 bridgehead atoms. The Labute approximate surface area is 149 Å². The molecular formula is C20H40NO3+. The molecule has 1 unspecified atom stereocenters. The number of quaternary nitrogens is 1. The number of nitrogens with zero attached hydrogens (tertiary/aromatic N) is 1. The average Bonchev–Trinajstić information content (AvgIpc) is 2.55. The van der Waals surface area contributed by atoms with E-state index in [9.17, 15) is 15.0 Å². The van der Waals surface area contributed by atoms with Crippen molar-refractivity contribution in [1.29, 1.82) is 0 Å². The van der Waals surface area contributed by atoms with Crippen molar-refractivity contribution in [1.82, 2.24) is 0 Å². The molecule has 0 aromatic carbocycles. The molecule has 1 atom stereocenters. The Bertz CT molecular complexity index is 358. The molecule has 0 aromatic heterocycles. The number of rotatable bonds is 15. The minimum absolute atomic E-state index is 0.373. The molecule has 0 rings (SSSR count). The number of hydrogen-bond donors (Lipinski definition) is 2. The second kappa shape index (κ2) is 13.3. The molecule has 0 aliphatic rings. The largest absolute Gasteiger partial charge is 0.507 e. The molecular weight excluding hydrogens is 302 g/mol. The Kier molecular flexibility index (Phi) is 12.7. The highest BCUT2D eigenvalue weighted by Gasteiger charge is 2.39. The Morgan fingerprint density at radius 1 is 0.875 bits per heavy atom. The molecule has 0 aromatic rings. The van der Waals surface area contributed by atoms with Gasteiger partial charge < -0.3 is 10.2 Å². The van der Waals surface area contributed by atoms with E-state index in [4.69, 9.17) is 0 Å². The normalized spacial score (nSPS) is 13.9. The zero-order valence-electron chi connectivity index (χ0n) is 16.4. The van der Waals surface area contributed by atoms with Crippen LogP contribution in [0.15, 0.2) is 12.0 Å². The number of aliphatic hydroxyl groups is 1. The standard InChI is InChI=1S/C20H39NO3/c1-5-9-12-13-14-18(22)17-21(15-10-6-2,16-11-7-3)19(8-4)20(23)24/h17,19H,5-16H2,1-4H3,(H-,22,23,24)/p+1/b18-17-. The first-order valence-electron chi connectivity index (χ1n) is 9.97. The predicted octanol–water partition coefficient (Wildman–Crippen LogP) is 5.64. The van der Waals surface area contributed by atoms with E-state index in [1.54, 1.807) is 0 Å². The van der Waals surface area contributed by atoms with Crippen LogP contribution in [0.1, 0.15) is 91.9 Å². The lowest BCUT2D eigenvalue weighted by atomic mass is 10.1. The van der Waals surface area contributed by atoms with Gasteiger partial charge in [-0.25, -0.2) is 4.79 Å². The van der Waals surface area contributed by atoms with E-state index in [1.807, 2.05) is 13.1 Å². The second-order valence-electron chi connectivity index (χ2n) is 6.95. The second-order valence-corrected chi connectivity index (χ2v) is 6.95. The van der Waals surface area contributed by atoms with Crippen LogP contribution in [-0.2, 0) is 4.79 Å². The number of carbonyl (C=O) groups is 1. The lowest BCUT2D eigenvalue weighted by molar-refractivity contribution is -0.897. The van der Waals surface area contributed by atoms with Crippen LogP contribution in [0.5, 0.6) is 0 Å². The molecule has 0 aliphatic heterocycles. The summed E-state index contributed by atoms with van der Waals surface area (Å²) in [7, 11) is 0. The Balaban J connectivity index is 5.38. The van der Waals surface area contributed by atoms with Gasteiger partial charge in [-0.15, -0.1) is 0 Å². The van der Waals surface area contributed by atoms with Crippen molar-refractivity contribution in [3.63, 3.8) is 0 Å². The molecule has 142 valence electrons. The van der Waals surface area contributed by atoms with Crippen LogP contribution in [0, 0.1) is 0 Å². The quantitative estimate of drug-likeness (QED) is 0.230. The summed E-state index contributed by atoms with van der Waals surface area (Å²) in [6.07, 6.45) is 11.6. The summed E-state index contributed by atoms with van der Waals surface area (Å²) in [5.74, 6) is -0.377. The lowest BCUT2D eigenvalue weighted by Gasteiger charge is -2.40. The van der Waals surface area contributed by atoms with Crippen molar-refractivity contribution in [2.24, 2.45) is 0 Å². The fourth-order valence-corrected chi connectivity index (χ4v) is 3.40. The number of hydrogen-bond acceptors (Lipinski definition) is 2. The third-order valence-corrected chi connectivity index (χ3v) is 4.84. The van der Waals surface area contributed by atoms with Crippen LogP contribution in [0.4, 0.5) is 0 Å². The average molecular weight is 343 g/mol. The third-order valence-electron chi connectivity index (χ3n) is 4.84. The topological polar surface area (TPSA) is 57.5 Å². The Morgan fingerprint density at radius 3 is 1.83 bits per heavy atom. The molecule has 24 heavy (non-hydrogen) atoms. The van der Waals surface area contributed by atoms with Gasteiger partial charge in [0.25, 0.3) is 0 Å². The van der Waals surface area contributed by atoms with Gasteiger partial charge in [-0.05, 0) is 19.3 Å². The number of unbranched alkanes of at least 4 members (excludes halogenated alkanes) is 5. The molecule has 4 heteroatoms. The van der Waals surface area contributed by atoms with E-state index in [0.717, 1.165) is 51.6 Å². The minimum Gasteiger partial charge on any atom is -0.507 e. The van der Waals surface area contributed by atoms with Crippen LogP contribution in [0.2, 0.25) is 0 Å². The van der Waals surface area contributed by atoms with Crippen molar-refractivity contribution < 1.29 is 19.5 Å². The summed E-state index contributed by atoms with van der Waals surface area (Å²) < 4.78 is 0.396. The van der Waals surface area contributed by atoms with Crippen molar-refractivity contribution in [3.8, 4) is 0 Å². The van der Waals surface area contributed by atoms with Crippen LogP contribution in [-0.4, -0.2) is 39.8 Å². The van der Waals surface area contributed by atoms with E-state index in [1.165, 1.54) is 12.8 Å². The van der Waals surface area contributed by atoms with Crippen LogP contribution in [0.3, 0.4) is 0 Å². The van der Waals surface area contributed by atoms with Crippen LogP contribution >= 0.6 is 0 Å². The summed E-state index contributed by atoms with van der Waals surface area (Å²) >= 11 is 0. The van der Waals surface area contributed by atoms with Gasteiger partial charge in [0.15, 0.2) is 6.04 Å². The highest BCUT2D eigenvalue weighted by atomic mass is 16.4. The number of aliphatic hydroxyl groups excluding tert-OH is 1. The monoisotopic (exact) mass is 342 g/mol. The maximum atomic E-state index is 11.9. The van der Waals surface area contributed by atoms with Crippen molar-refractivity contribution in [3.05, 3.63) is 12.0 Å². The molecule has 0 heterocycles. The van der Waals surface area contributed by atoms with E-state index in [2.05, 4.69) is 20.8 Å². The number of allylic oxidation sites excluding steroid dienone is 1. The molecule has 0 spiro atoms. The van der Waals surface area contributed by atoms with E-state index in [-0.39, 0.29) is 0 Å².